The standard InChI is InChI=1S/C50H40N2O8/c1-3-47(53)52-28-7-5-6-9-34-14-17-37(18-15-34)49(55)59-40-23-26-42-43-27-24-41(32-46(43)44(45(42)31-40)25-16-35-10-12-36(33-51)13-11-35)60-50(56)38-19-21-39(22-20-38)57-29-8-30-58-48(54)4-2/h3-6,10-15,17-24,26-27,31-32,44H,1-2,7-9,28-30H2,(H,52,53)/b6-5+. The number of carbonyl (C=O) groups is 4. The first-order valence-electron chi connectivity index (χ1n) is 19.1. The predicted molar refractivity (Wildman–Crippen MR) is 226 cm³/mol. The Balaban J connectivity index is 1.15. The van der Waals surface area contributed by atoms with Crippen molar-refractivity contribution >= 4 is 23.8 Å². The maximum Gasteiger partial charge on any atom is 0.343 e. The van der Waals surface area contributed by atoms with E-state index >= 15 is 0 Å². The van der Waals surface area contributed by atoms with Gasteiger partial charge in [-0.2, -0.15) is 5.26 Å². The van der Waals surface area contributed by atoms with E-state index in [0.29, 0.717) is 71.9 Å². The summed E-state index contributed by atoms with van der Waals surface area (Å²) in [7, 11) is 0. The first kappa shape index (κ1) is 41.7. The van der Waals surface area contributed by atoms with E-state index in [0.717, 1.165) is 33.9 Å². The average Bonchev–Trinajstić information content (AvgIpc) is 3.58. The second-order valence-electron chi connectivity index (χ2n) is 13.4. The van der Waals surface area contributed by atoms with Gasteiger partial charge in [-0.1, -0.05) is 61.4 Å². The largest absolute Gasteiger partial charge is 0.493 e. The summed E-state index contributed by atoms with van der Waals surface area (Å²) in [6.07, 6.45) is 8.20. The van der Waals surface area contributed by atoms with Crippen LogP contribution in [0.3, 0.4) is 0 Å². The zero-order valence-electron chi connectivity index (χ0n) is 32.6. The fourth-order valence-electron chi connectivity index (χ4n) is 6.25. The Morgan fingerprint density at radius 3 is 1.85 bits per heavy atom. The van der Waals surface area contributed by atoms with Crippen LogP contribution in [0.25, 0.3) is 11.1 Å². The molecule has 1 aliphatic rings. The summed E-state index contributed by atoms with van der Waals surface area (Å²) in [5.74, 6) is 5.59. The lowest BCUT2D eigenvalue weighted by atomic mass is 9.96. The molecule has 10 nitrogen and oxygen atoms in total. The van der Waals surface area contributed by atoms with Gasteiger partial charge in [0.2, 0.25) is 5.91 Å². The van der Waals surface area contributed by atoms with Crippen LogP contribution in [0.15, 0.2) is 147 Å². The Morgan fingerprint density at radius 1 is 0.683 bits per heavy atom. The van der Waals surface area contributed by atoms with Crippen molar-refractivity contribution in [2.24, 2.45) is 0 Å². The maximum atomic E-state index is 13.3. The van der Waals surface area contributed by atoms with Crippen molar-refractivity contribution in [2.45, 2.75) is 25.2 Å². The molecule has 0 saturated carbocycles. The van der Waals surface area contributed by atoms with Gasteiger partial charge in [-0.15, -0.1) is 0 Å². The molecule has 1 amide bonds. The van der Waals surface area contributed by atoms with Crippen molar-refractivity contribution in [3.8, 4) is 46.3 Å². The number of ether oxygens (including phenoxy) is 4. The van der Waals surface area contributed by atoms with E-state index in [-0.39, 0.29) is 12.5 Å². The molecule has 0 spiro atoms. The fourth-order valence-corrected chi connectivity index (χ4v) is 6.25. The van der Waals surface area contributed by atoms with Crippen molar-refractivity contribution in [1.82, 2.24) is 5.32 Å². The molecule has 0 saturated heterocycles. The monoisotopic (exact) mass is 796 g/mol. The number of carbonyl (C=O) groups excluding carboxylic acids is 4. The molecule has 10 heteroatoms. The molecule has 60 heavy (non-hydrogen) atoms. The maximum absolute atomic E-state index is 13.3. The van der Waals surface area contributed by atoms with Crippen LogP contribution in [0.2, 0.25) is 0 Å². The Labute approximate surface area is 348 Å². The van der Waals surface area contributed by atoms with Crippen LogP contribution in [0, 0.1) is 23.2 Å². The lowest BCUT2D eigenvalue weighted by Crippen LogP contribution is -2.21. The Bertz CT molecular complexity index is 2540. The van der Waals surface area contributed by atoms with Gasteiger partial charge in [0.05, 0.1) is 41.9 Å². The minimum Gasteiger partial charge on any atom is -0.493 e. The van der Waals surface area contributed by atoms with E-state index in [2.05, 4.69) is 36.4 Å². The Hall–Kier alpha value is -7.95. The van der Waals surface area contributed by atoms with E-state index in [1.807, 2.05) is 42.5 Å². The molecule has 0 fully saturated rings. The van der Waals surface area contributed by atoms with Gasteiger partial charge < -0.3 is 24.3 Å². The molecular weight excluding hydrogens is 757 g/mol. The minimum absolute atomic E-state index is 0.203. The summed E-state index contributed by atoms with van der Waals surface area (Å²) in [6, 6.07) is 33.7. The second-order valence-corrected chi connectivity index (χ2v) is 13.4. The Kier molecular flexibility index (Phi) is 14.2. The number of allylic oxidation sites excluding steroid dienone is 1. The van der Waals surface area contributed by atoms with Gasteiger partial charge in [-0.25, -0.2) is 14.4 Å². The summed E-state index contributed by atoms with van der Waals surface area (Å²) < 4.78 is 22.3. The number of esters is 3. The number of hydrogen-bond donors (Lipinski definition) is 1. The smallest absolute Gasteiger partial charge is 0.343 e. The molecule has 5 aromatic carbocycles. The van der Waals surface area contributed by atoms with Gasteiger partial charge >= 0.3 is 17.9 Å². The van der Waals surface area contributed by atoms with Crippen molar-refractivity contribution < 1.29 is 38.1 Å². The van der Waals surface area contributed by atoms with Gasteiger partial charge in [0.1, 0.15) is 17.2 Å². The topological polar surface area (TPSA) is 141 Å². The molecule has 298 valence electrons. The van der Waals surface area contributed by atoms with Crippen LogP contribution in [0.4, 0.5) is 0 Å². The molecule has 0 aliphatic heterocycles. The molecule has 1 N–H and O–H groups in total. The quantitative estimate of drug-likeness (QED) is 0.0260. The second kappa shape index (κ2) is 20.5. The van der Waals surface area contributed by atoms with Crippen LogP contribution >= 0.6 is 0 Å². The molecule has 1 atom stereocenters. The van der Waals surface area contributed by atoms with Gasteiger partial charge in [-0.3, -0.25) is 4.79 Å². The average molecular weight is 797 g/mol. The highest BCUT2D eigenvalue weighted by molar-refractivity contribution is 5.92. The van der Waals surface area contributed by atoms with Crippen LogP contribution in [-0.4, -0.2) is 43.6 Å². The molecule has 6 rings (SSSR count). The van der Waals surface area contributed by atoms with E-state index < -0.39 is 23.8 Å². The molecule has 1 aliphatic carbocycles. The lowest BCUT2D eigenvalue weighted by Gasteiger charge is -2.11. The molecule has 0 bridgehead atoms. The fraction of sp³-hybridized carbons (Fsp3) is 0.140. The summed E-state index contributed by atoms with van der Waals surface area (Å²) in [5, 5.41) is 12.0. The van der Waals surface area contributed by atoms with Crippen molar-refractivity contribution in [2.75, 3.05) is 19.8 Å². The first-order chi connectivity index (χ1) is 29.2. The number of nitrogens with zero attached hydrogens (tertiary/aromatic N) is 1. The van der Waals surface area contributed by atoms with Crippen LogP contribution < -0.4 is 19.5 Å². The number of nitriles is 1. The SMILES string of the molecule is C=CC(=O)NCC/C=C/Cc1ccc(C(=O)Oc2ccc3c(c2)C(C#Cc2ccc(C#N)cc2)c2cc(OC(=O)c4ccc(OCCCOC(=O)C=C)cc4)ccc2-3)cc1. The molecule has 5 aromatic rings. The third kappa shape index (κ3) is 11.1. The normalized spacial score (nSPS) is 12.1. The molecular formula is C50H40N2O8. The third-order valence-corrected chi connectivity index (χ3v) is 9.32. The van der Waals surface area contributed by atoms with Gasteiger partial charge in [0.15, 0.2) is 0 Å². The predicted octanol–water partition coefficient (Wildman–Crippen LogP) is 8.45. The third-order valence-electron chi connectivity index (χ3n) is 9.32. The summed E-state index contributed by atoms with van der Waals surface area (Å²) in [5.41, 5.74) is 6.41. The van der Waals surface area contributed by atoms with Gasteiger partial charge in [0.25, 0.3) is 0 Å². The van der Waals surface area contributed by atoms with Crippen molar-refractivity contribution in [3.05, 3.63) is 186 Å². The van der Waals surface area contributed by atoms with Gasteiger partial charge in [0, 0.05) is 24.6 Å². The highest BCUT2D eigenvalue weighted by Gasteiger charge is 2.29. The van der Waals surface area contributed by atoms with Crippen molar-refractivity contribution in [1.29, 1.82) is 5.26 Å². The first-order valence-corrected chi connectivity index (χ1v) is 19.1. The van der Waals surface area contributed by atoms with Crippen molar-refractivity contribution in [3.63, 3.8) is 0 Å². The number of rotatable bonds is 16. The number of benzene rings is 5. The van der Waals surface area contributed by atoms with E-state index in [1.165, 1.54) is 6.08 Å². The molecule has 0 radical (unpaired) electrons. The van der Waals surface area contributed by atoms with E-state index in [9.17, 15) is 24.4 Å². The van der Waals surface area contributed by atoms with Gasteiger partial charge in [-0.05, 0) is 132 Å². The van der Waals surface area contributed by atoms with Crippen LogP contribution in [0.1, 0.15) is 67.3 Å². The highest BCUT2D eigenvalue weighted by Crippen LogP contribution is 2.47. The summed E-state index contributed by atoms with van der Waals surface area (Å²) in [6.45, 7) is 7.85. The zero-order valence-corrected chi connectivity index (χ0v) is 32.6. The van der Waals surface area contributed by atoms with Crippen LogP contribution in [0.5, 0.6) is 17.2 Å². The van der Waals surface area contributed by atoms with E-state index in [1.54, 1.807) is 78.9 Å². The Morgan fingerprint density at radius 2 is 1.27 bits per heavy atom. The number of nitrogens with one attached hydrogen (secondary N) is 1. The van der Waals surface area contributed by atoms with E-state index in [4.69, 9.17) is 18.9 Å². The molecule has 1 unspecified atom stereocenters. The number of hydrogen-bond acceptors (Lipinski definition) is 9. The lowest BCUT2D eigenvalue weighted by molar-refractivity contribution is -0.138. The summed E-state index contributed by atoms with van der Waals surface area (Å²) in [4.78, 5) is 49.0. The number of amides is 1. The van der Waals surface area contributed by atoms with Crippen LogP contribution in [-0.2, 0) is 20.7 Å². The minimum atomic E-state index is -0.557. The number of fused-ring (bicyclic) bond motifs is 3. The summed E-state index contributed by atoms with van der Waals surface area (Å²) >= 11 is 0. The zero-order chi connectivity index (χ0) is 42.3. The highest BCUT2D eigenvalue weighted by atomic mass is 16.5. The molecule has 0 aromatic heterocycles. The molecule has 0 heterocycles.